The zero-order chi connectivity index (χ0) is 70.1. The van der Waals surface area contributed by atoms with Gasteiger partial charge in [-0.1, -0.05) is 503 Å². The van der Waals surface area contributed by atoms with Crippen molar-refractivity contribution in [3.63, 3.8) is 0 Å². The van der Waals surface area contributed by atoms with Crippen LogP contribution in [0.3, 0.4) is 0 Å². The number of hydrogen-bond donors (Lipinski definition) is 0. The van der Waals surface area contributed by atoms with E-state index >= 15 is 0 Å². The second-order valence-electron chi connectivity index (χ2n) is 31.0. The van der Waals surface area contributed by atoms with Gasteiger partial charge in [-0.2, -0.15) is 0 Å². The van der Waals surface area contributed by atoms with E-state index < -0.39 is 20.8 Å². The second kappa shape index (κ2) is 87.6. The first kappa shape index (κ1) is 102. The summed E-state index contributed by atoms with van der Waals surface area (Å²) in [5, 5.41) is 0. The molecular weight excluding hydrogens is 1270 g/mol. The van der Waals surface area contributed by atoms with E-state index in [1.54, 1.807) is 0 Å². The van der Waals surface area contributed by atoms with E-state index in [0.717, 1.165) is 51.4 Å². The van der Waals surface area contributed by atoms with E-state index in [4.69, 9.17) is 0 Å². The van der Waals surface area contributed by atoms with Crippen molar-refractivity contribution in [2.45, 2.75) is 529 Å². The Morgan fingerprint density at radius 1 is 0.186 bits per heavy atom. The van der Waals surface area contributed by atoms with E-state index in [1.165, 1.54) is 449 Å². The van der Waals surface area contributed by atoms with Gasteiger partial charge in [0.1, 0.15) is 0 Å². The third kappa shape index (κ3) is 97.0. The van der Waals surface area contributed by atoms with Gasteiger partial charge in [0.25, 0.3) is 0 Å². The number of unbranched alkanes of at least 4 members (excludes halogenated alkanes) is 70. The minimum atomic E-state index is -4.60. The summed E-state index contributed by atoms with van der Waals surface area (Å²) in [4.78, 5) is 0. The largest absolute Gasteiger partial charge is 2.00 e. The molecular formula is C86H174CaO8S2. The fourth-order valence-electron chi connectivity index (χ4n) is 14.7. The zero-order valence-electron chi connectivity index (χ0n) is 66.5. The van der Waals surface area contributed by atoms with Gasteiger partial charge in [0.15, 0.2) is 0 Å². The summed E-state index contributed by atoms with van der Waals surface area (Å²) in [5.41, 5.74) is 0. The average Bonchev–Trinajstić information content (AvgIpc) is 3.71. The van der Waals surface area contributed by atoms with E-state index in [0.29, 0.717) is 0 Å². The van der Waals surface area contributed by atoms with Gasteiger partial charge in [-0.25, -0.2) is 16.8 Å². The van der Waals surface area contributed by atoms with Crippen LogP contribution in [0.4, 0.5) is 0 Å². The molecule has 0 rings (SSSR count). The minimum Gasteiger partial charge on any atom is -0.726 e. The van der Waals surface area contributed by atoms with Crippen LogP contribution in [0.5, 0.6) is 0 Å². The predicted molar refractivity (Wildman–Crippen MR) is 427 cm³/mol. The van der Waals surface area contributed by atoms with Crippen molar-refractivity contribution in [1.82, 2.24) is 0 Å². The molecule has 0 N–H and O–H groups in total. The number of hydrogen-bond acceptors (Lipinski definition) is 8. The minimum absolute atomic E-state index is 0. The summed E-state index contributed by atoms with van der Waals surface area (Å²) in [6.45, 7) is 9.30. The van der Waals surface area contributed by atoms with Crippen LogP contribution in [0.1, 0.15) is 529 Å². The van der Waals surface area contributed by atoms with Crippen LogP contribution in [0, 0.1) is 11.8 Å². The molecule has 11 heteroatoms. The average molecular weight is 1440 g/mol. The second-order valence-corrected chi connectivity index (χ2v) is 33.1. The molecule has 0 aromatic carbocycles. The Labute approximate surface area is 641 Å². The Balaban J connectivity index is -0.00000180. The molecule has 8 nitrogen and oxygen atoms in total. The van der Waals surface area contributed by atoms with Crippen molar-refractivity contribution in [3.8, 4) is 0 Å². The van der Waals surface area contributed by atoms with Crippen molar-refractivity contribution in [2.24, 2.45) is 11.8 Å². The van der Waals surface area contributed by atoms with Crippen molar-refractivity contribution in [3.05, 3.63) is 0 Å². The molecule has 0 saturated carbocycles. The SMILES string of the molecule is CCCCCCCCCCCCCCCCCCCCCC(CCCCCCCCCCCCCCCCCCCC)COS(=O)(=O)[O-].CCCCCCCCCCCCCCCCCCCCCC(CCCCCCCCCCCCCCCCCCCC)COS(=O)(=O)[O-].[Ca+2]. The summed E-state index contributed by atoms with van der Waals surface area (Å²) in [5.74, 6) is 0.390. The fraction of sp³-hybridized carbons (Fsp3) is 1.00. The van der Waals surface area contributed by atoms with Crippen molar-refractivity contribution >= 4 is 58.5 Å². The molecule has 97 heavy (non-hydrogen) atoms. The summed E-state index contributed by atoms with van der Waals surface area (Å²) < 4.78 is 75.7. The molecule has 0 aromatic rings. The molecule has 0 aliphatic carbocycles. The Morgan fingerprint density at radius 2 is 0.278 bits per heavy atom. The first-order valence-electron chi connectivity index (χ1n) is 44.2. The van der Waals surface area contributed by atoms with Crippen LogP contribution >= 0.6 is 0 Å². The maximum Gasteiger partial charge on any atom is 2.00 e. The van der Waals surface area contributed by atoms with Crippen molar-refractivity contribution in [1.29, 1.82) is 0 Å². The van der Waals surface area contributed by atoms with Crippen molar-refractivity contribution in [2.75, 3.05) is 13.2 Å². The van der Waals surface area contributed by atoms with Gasteiger partial charge in [-0.05, 0) is 37.5 Å². The summed E-state index contributed by atoms with van der Waals surface area (Å²) in [6.07, 6.45) is 105. The van der Waals surface area contributed by atoms with Crippen LogP contribution in [-0.2, 0) is 29.2 Å². The standard InChI is InChI=1S/2C43H88O4S.Ca/c2*1-3-5-7-9-11-13-15-17-19-21-23-25-27-29-31-33-35-37-39-41-43(42-47-48(44,45)46)40-38-36-34-32-30-28-26-24-22-20-18-16-14-12-10-8-6-4-2;/h2*43H,3-42H2,1-2H3,(H,44,45,46);/q;;+2/p-2. The molecule has 0 spiro atoms. The van der Waals surface area contributed by atoms with Crippen LogP contribution in [0.15, 0.2) is 0 Å². The van der Waals surface area contributed by atoms with Crippen LogP contribution in [0.25, 0.3) is 0 Å². The Bertz CT molecular complexity index is 1520. The van der Waals surface area contributed by atoms with Crippen LogP contribution in [0.2, 0.25) is 0 Å². The Morgan fingerprint density at radius 3 is 0.371 bits per heavy atom. The molecule has 0 aromatic heterocycles. The van der Waals surface area contributed by atoms with Gasteiger partial charge in [-0.3, -0.25) is 8.37 Å². The molecule has 0 fully saturated rings. The molecule has 580 valence electrons. The Hall–Kier alpha value is 1.000. The summed E-state index contributed by atoms with van der Waals surface area (Å²) in [7, 11) is -9.19. The first-order chi connectivity index (χ1) is 47.0. The molecule has 0 aliphatic rings. The number of rotatable bonds is 84. The maximum absolute atomic E-state index is 11.0. The van der Waals surface area contributed by atoms with Gasteiger partial charge < -0.3 is 9.11 Å². The van der Waals surface area contributed by atoms with Gasteiger partial charge in [0.2, 0.25) is 20.8 Å². The van der Waals surface area contributed by atoms with Gasteiger partial charge >= 0.3 is 37.7 Å². The maximum atomic E-state index is 11.0. The van der Waals surface area contributed by atoms with E-state index in [1.807, 2.05) is 0 Å². The van der Waals surface area contributed by atoms with Gasteiger partial charge in [0.05, 0.1) is 13.2 Å². The topological polar surface area (TPSA) is 133 Å². The molecule has 0 heterocycles. The third-order valence-corrected chi connectivity index (χ3v) is 22.1. The van der Waals surface area contributed by atoms with Crippen molar-refractivity contribution < 1.29 is 34.3 Å². The molecule has 0 radical (unpaired) electrons. The normalized spacial score (nSPS) is 12.5. The van der Waals surface area contributed by atoms with Gasteiger partial charge in [-0.15, -0.1) is 0 Å². The molecule has 0 aliphatic heterocycles. The molecule has 0 saturated heterocycles. The Kier molecular flexibility index (Phi) is 92.3. The van der Waals surface area contributed by atoms with E-state index in [2.05, 4.69) is 36.1 Å². The smallest absolute Gasteiger partial charge is 0.726 e. The third-order valence-electron chi connectivity index (χ3n) is 21.3. The zero-order valence-corrected chi connectivity index (χ0v) is 70.4. The van der Waals surface area contributed by atoms with E-state index in [9.17, 15) is 25.9 Å². The summed E-state index contributed by atoms with van der Waals surface area (Å²) in [6, 6.07) is 0. The fourth-order valence-corrected chi connectivity index (χ4v) is 15.4. The summed E-state index contributed by atoms with van der Waals surface area (Å²) >= 11 is 0. The molecule has 0 bridgehead atoms. The molecule has 2 unspecified atom stereocenters. The van der Waals surface area contributed by atoms with Gasteiger partial charge in [0, 0.05) is 0 Å². The molecule has 2 atom stereocenters. The van der Waals surface area contributed by atoms with Crippen LogP contribution < -0.4 is 0 Å². The quantitative estimate of drug-likeness (QED) is 0.0254. The molecule has 0 amide bonds. The first-order valence-corrected chi connectivity index (χ1v) is 46.9. The predicted octanol–water partition coefficient (Wildman–Crippen LogP) is 30.3. The monoisotopic (exact) mass is 1440 g/mol. The van der Waals surface area contributed by atoms with E-state index in [-0.39, 0.29) is 62.8 Å². The van der Waals surface area contributed by atoms with Crippen LogP contribution in [-0.4, -0.2) is 76.9 Å².